The first-order valence-electron chi connectivity index (χ1n) is 6.77. The van der Waals surface area contributed by atoms with Crippen LogP contribution in [0.4, 0.5) is 0 Å². The fraction of sp³-hybridized carbons (Fsp3) is 0.538. The molecule has 0 bridgehead atoms. The van der Waals surface area contributed by atoms with Gasteiger partial charge in [-0.15, -0.1) is 10.2 Å². The van der Waals surface area contributed by atoms with E-state index in [-0.39, 0.29) is 5.91 Å². The van der Waals surface area contributed by atoms with E-state index in [1.165, 1.54) is 5.69 Å². The molecule has 0 aliphatic carbocycles. The first-order valence-corrected chi connectivity index (χ1v) is 7.99. The van der Waals surface area contributed by atoms with E-state index in [0.29, 0.717) is 6.54 Å². The highest BCUT2D eigenvalue weighted by atomic mass is 32.2. The first kappa shape index (κ1) is 14.1. The van der Waals surface area contributed by atoms with Crippen LogP contribution in [-0.4, -0.2) is 48.2 Å². The molecule has 0 saturated carbocycles. The van der Waals surface area contributed by atoms with Crippen molar-refractivity contribution in [1.29, 1.82) is 0 Å². The van der Waals surface area contributed by atoms with Crippen molar-refractivity contribution in [2.24, 2.45) is 14.1 Å². The molecule has 1 aliphatic heterocycles. The van der Waals surface area contributed by atoms with Crippen molar-refractivity contribution in [3.05, 3.63) is 11.3 Å². The number of nitrogens with zero attached hydrogens (tertiary/aromatic N) is 6. The van der Waals surface area contributed by atoms with Crippen LogP contribution in [0.2, 0.25) is 0 Å². The number of aromatic nitrogens is 5. The highest BCUT2D eigenvalue weighted by molar-refractivity contribution is 7.98. The lowest BCUT2D eigenvalue weighted by atomic mass is 10.0. The molecule has 0 N–H and O–H groups in total. The van der Waals surface area contributed by atoms with Crippen LogP contribution in [0.25, 0.3) is 11.5 Å². The highest BCUT2D eigenvalue weighted by Gasteiger charge is 2.28. The summed E-state index contributed by atoms with van der Waals surface area (Å²) in [5, 5.41) is 13.9. The standard InChI is InChI=1S/C13H18N6OS/c1-8(20)19-6-5-10-9(7-19)11(16-18(10)3)12-14-15-13(21-4)17(12)2/h5-7H2,1-4H3. The minimum absolute atomic E-state index is 0.0956. The van der Waals surface area contributed by atoms with E-state index < -0.39 is 0 Å². The third-order valence-corrected chi connectivity index (χ3v) is 4.64. The monoisotopic (exact) mass is 306 g/mol. The molecule has 21 heavy (non-hydrogen) atoms. The SMILES string of the molecule is CSc1nnc(-c2nn(C)c3c2CN(C(C)=O)CC3)n1C. The molecular formula is C13H18N6OS. The van der Waals surface area contributed by atoms with Crippen molar-refractivity contribution in [3.63, 3.8) is 0 Å². The smallest absolute Gasteiger partial charge is 0.219 e. The van der Waals surface area contributed by atoms with Crippen molar-refractivity contribution in [2.75, 3.05) is 12.8 Å². The van der Waals surface area contributed by atoms with E-state index in [1.807, 2.05) is 34.5 Å². The number of rotatable bonds is 2. The summed E-state index contributed by atoms with van der Waals surface area (Å²) in [6.45, 7) is 2.95. The number of hydrogen-bond acceptors (Lipinski definition) is 5. The van der Waals surface area contributed by atoms with E-state index in [2.05, 4.69) is 15.3 Å². The highest BCUT2D eigenvalue weighted by Crippen LogP contribution is 2.29. The van der Waals surface area contributed by atoms with E-state index in [9.17, 15) is 4.79 Å². The lowest BCUT2D eigenvalue weighted by Crippen LogP contribution is -2.34. The van der Waals surface area contributed by atoms with Crippen molar-refractivity contribution < 1.29 is 4.79 Å². The summed E-state index contributed by atoms with van der Waals surface area (Å²) in [5.74, 6) is 0.847. The summed E-state index contributed by atoms with van der Waals surface area (Å²) in [6, 6.07) is 0. The fourth-order valence-electron chi connectivity index (χ4n) is 2.74. The van der Waals surface area contributed by atoms with Gasteiger partial charge in [0.25, 0.3) is 0 Å². The third-order valence-electron chi connectivity index (χ3n) is 3.92. The molecule has 112 valence electrons. The van der Waals surface area contributed by atoms with E-state index in [4.69, 9.17) is 0 Å². The van der Waals surface area contributed by atoms with Crippen LogP contribution in [0.15, 0.2) is 5.16 Å². The van der Waals surface area contributed by atoms with E-state index in [1.54, 1.807) is 18.7 Å². The zero-order chi connectivity index (χ0) is 15.1. The van der Waals surface area contributed by atoms with Gasteiger partial charge in [-0.2, -0.15) is 5.10 Å². The summed E-state index contributed by atoms with van der Waals surface area (Å²) in [6.07, 6.45) is 2.80. The lowest BCUT2D eigenvalue weighted by Gasteiger charge is -2.26. The molecule has 0 atom stereocenters. The molecule has 7 nitrogen and oxygen atoms in total. The molecule has 0 radical (unpaired) electrons. The average molecular weight is 306 g/mol. The Labute approximate surface area is 127 Å². The number of carbonyl (C=O) groups is 1. The molecule has 2 aromatic rings. The normalized spacial score (nSPS) is 14.4. The number of aryl methyl sites for hydroxylation is 1. The zero-order valence-electron chi connectivity index (χ0n) is 12.6. The summed E-state index contributed by atoms with van der Waals surface area (Å²) in [7, 11) is 3.88. The predicted molar refractivity (Wildman–Crippen MR) is 79.8 cm³/mol. The Kier molecular flexibility index (Phi) is 3.48. The van der Waals surface area contributed by atoms with Crippen molar-refractivity contribution in [3.8, 4) is 11.5 Å². The molecule has 3 heterocycles. The van der Waals surface area contributed by atoms with E-state index >= 15 is 0 Å². The molecule has 1 aliphatic rings. The first-order chi connectivity index (χ1) is 10.0. The van der Waals surface area contributed by atoms with Crippen LogP contribution in [0.1, 0.15) is 18.2 Å². The molecule has 3 rings (SSSR count). The third kappa shape index (κ3) is 2.23. The number of fused-ring (bicyclic) bond motifs is 1. The molecule has 0 fully saturated rings. The summed E-state index contributed by atoms with van der Waals surface area (Å²) in [5.41, 5.74) is 3.09. The second kappa shape index (κ2) is 5.18. The minimum atomic E-state index is 0.0956. The van der Waals surface area contributed by atoms with Crippen LogP contribution in [0.5, 0.6) is 0 Å². The lowest BCUT2D eigenvalue weighted by molar-refractivity contribution is -0.129. The Balaban J connectivity index is 2.08. The Bertz CT molecular complexity index is 704. The van der Waals surface area contributed by atoms with Gasteiger partial charge in [0, 0.05) is 51.8 Å². The summed E-state index contributed by atoms with van der Waals surface area (Å²) >= 11 is 1.55. The zero-order valence-corrected chi connectivity index (χ0v) is 13.4. The van der Waals surface area contributed by atoms with Gasteiger partial charge in [-0.1, -0.05) is 11.8 Å². The van der Waals surface area contributed by atoms with Crippen molar-refractivity contribution in [1.82, 2.24) is 29.4 Å². The van der Waals surface area contributed by atoms with Gasteiger partial charge < -0.3 is 9.47 Å². The molecule has 0 spiro atoms. The Morgan fingerprint density at radius 1 is 1.29 bits per heavy atom. The molecular weight excluding hydrogens is 288 g/mol. The van der Waals surface area contributed by atoms with Gasteiger partial charge >= 0.3 is 0 Å². The van der Waals surface area contributed by atoms with Gasteiger partial charge in [0.2, 0.25) is 5.91 Å². The topological polar surface area (TPSA) is 68.8 Å². The van der Waals surface area contributed by atoms with Crippen LogP contribution in [-0.2, 0) is 31.9 Å². The van der Waals surface area contributed by atoms with Gasteiger partial charge in [0.1, 0.15) is 5.69 Å². The maximum Gasteiger partial charge on any atom is 0.219 e. The molecule has 0 unspecified atom stereocenters. The molecule has 8 heteroatoms. The van der Waals surface area contributed by atoms with Gasteiger partial charge in [-0.05, 0) is 6.26 Å². The maximum atomic E-state index is 11.6. The Morgan fingerprint density at radius 3 is 2.67 bits per heavy atom. The number of hydrogen-bond donors (Lipinski definition) is 0. The predicted octanol–water partition coefficient (Wildman–Crippen LogP) is 0.842. The van der Waals surface area contributed by atoms with Crippen LogP contribution in [0, 0.1) is 0 Å². The number of thioether (sulfide) groups is 1. The molecule has 2 aromatic heterocycles. The minimum Gasteiger partial charge on any atom is -0.338 e. The van der Waals surface area contributed by atoms with Crippen LogP contribution < -0.4 is 0 Å². The van der Waals surface area contributed by atoms with Crippen molar-refractivity contribution in [2.45, 2.75) is 25.0 Å². The Hall–Kier alpha value is -1.83. The van der Waals surface area contributed by atoms with Gasteiger partial charge in [0.05, 0.1) is 0 Å². The largest absolute Gasteiger partial charge is 0.338 e. The molecule has 0 aromatic carbocycles. The Morgan fingerprint density at radius 2 is 2.05 bits per heavy atom. The number of amides is 1. The van der Waals surface area contributed by atoms with Crippen molar-refractivity contribution >= 4 is 17.7 Å². The molecule has 0 saturated heterocycles. The second-order valence-corrected chi connectivity index (χ2v) is 5.93. The van der Waals surface area contributed by atoms with Gasteiger partial charge in [-0.25, -0.2) is 0 Å². The van der Waals surface area contributed by atoms with Crippen LogP contribution >= 0.6 is 11.8 Å². The number of carbonyl (C=O) groups excluding carboxylic acids is 1. The summed E-state index contributed by atoms with van der Waals surface area (Å²) < 4.78 is 3.84. The average Bonchev–Trinajstić information content (AvgIpc) is 2.99. The van der Waals surface area contributed by atoms with Crippen LogP contribution in [0.3, 0.4) is 0 Å². The quantitative estimate of drug-likeness (QED) is 0.769. The molecule has 1 amide bonds. The van der Waals surface area contributed by atoms with E-state index in [0.717, 1.165) is 35.2 Å². The second-order valence-electron chi connectivity index (χ2n) is 5.16. The fourth-order valence-corrected chi connectivity index (χ4v) is 3.22. The van der Waals surface area contributed by atoms with Gasteiger partial charge in [-0.3, -0.25) is 9.48 Å². The maximum absolute atomic E-state index is 11.6. The summed E-state index contributed by atoms with van der Waals surface area (Å²) in [4.78, 5) is 13.5. The van der Waals surface area contributed by atoms with Gasteiger partial charge in [0.15, 0.2) is 11.0 Å².